The van der Waals surface area contributed by atoms with E-state index in [-0.39, 0.29) is 16.3 Å². The number of benzene rings is 1. The van der Waals surface area contributed by atoms with E-state index in [9.17, 15) is 9.90 Å². The molecule has 3 N–H and O–H groups in total. The monoisotopic (exact) mass is 284 g/mol. The molecule has 103 valence electrons. The number of hydrogen-bond donors (Lipinski definition) is 1. The minimum atomic E-state index is -0.805. The maximum Gasteiger partial charge on any atom is 0.332 e. The normalized spacial score (nSPS) is 12.3. The van der Waals surface area contributed by atoms with E-state index >= 15 is 0 Å². The number of phenols is 1. The van der Waals surface area contributed by atoms with Crippen LogP contribution in [0, 0.1) is 0 Å². The van der Waals surface area contributed by atoms with E-state index in [2.05, 4.69) is 0 Å². The summed E-state index contributed by atoms with van der Waals surface area (Å²) in [5, 5.41) is 17.6. The summed E-state index contributed by atoms with van der Waals surface area (Å²) in [6.07, 6.45) is 0.495. The standard InChI is InChI=1S/C13H17BClO4/c1-12(2,18)13(3,4)19-14-9-5-6-10(17)8(7-16)11(9)15/h5-7,17-18H,1-4H3/p+1. The van der Waals surface area contributed by atoms with Gasteiger partial charge in [0.1, 0.15) is 11.4 Å². The number of carbonyl (C=O) groups is 1. The average Bonchev–Trinajstić information content (AvgIpc) is 2.27. The largest absolute Gasteiger partial charge is 0.507 e. The summed E-state index contributed by atoms with van der Waals surface area (Å²) in [6, 6.07) is 2.93. The molecule has 0 unspecified atom stereocenters. The van der Waals surface area contributed by atoms with Gasteiger partial charge >= 0.3 is 7.48 Å². The highest BCUT2D eigenvalue weighted by Gasteiger charge is 2.40. The summed E-state index contributed by atoms with van der Waals surface area (Å²) < 4.78 is 5.61. The van der Waals surface area contributed by atoms with E-state index < -0.39 is 11.2 Å². The maximum absolute atomic E-state index is 10.8. The lowest BCUT2D eigenvalue weighted by Crippen LogP contribution is -2.49. The van der Waals surface area contributed by atoms with Crippen molar-refractivity contribution < 1.29 is 19.7 Å². The second-order valence-corrected chi connectivity index (χ2v) is 5.77. The smallest absolute Gasteiger partial charge is 0.332 e. The number of halogens is 1. The molecule has 1 aromatic carbocycles. The third-order valence-electron chi connectivity index (χ3n) is 3.29. The van der Waals surface area contributed by atoms with Crippen LogP contribution in [0.15, 0.2) is 12.1 Å². The highest BCUT2D eigenvalue weighted by molar-refractivity contribution is 6.54. The van der Waals surface area contributed by atoms with Crippen LogP contribution in [-0.2, 0) is 4.65 Å². The molecular formula is C13H18BClO4+. The number of aldehydes is 1. The third-order valence-corrected chi connectivity index (χ3v) is 3.71. The first-order valence-electron chi connectivity index (χ1n) is 5.83. The summed E-state index contributed by atoms with van der Waals surface area (Å²) in [6.45, 7) is 7.09. The molecule has 0 heterocycles. The Morgan fingerprint density at radius 1 is 1.37 bits per heavy atom. The first kappa shape index (κ1) is 16.0. The lowest BCUT2D eigenvalue weighted by Gasteiger charge is -2.33. The zero-order valence-corrected chi connectivity index (χ0v) is 12.2. The van der Waals surface area contributed by atoms with Gasteiger partial charge < -0.3 is 14.9 Å². The van der Waals surface area contributed by atoms with E-state index in [0.29, 0.717) is 11.7 Å². The van der Waals surface area contributed by atoms with Gasteiger partial charge in [0.25, 0.3) is 0 Å². The average molecular weight is 285 g/mol. The lowest BCUT2D eigenvalue weighted by atomic mass is 9.82. The Morgan fingerprint density at radius 3 is 2.42 bits per heavy atom. The minimum Gasteiger partial charge on any atom is -0.507 e. The zero-order valence-electron chi connectivity index (χ0n) is 11.5. The van der Waals surface area contributed by atoms with Crippen LogP contribution < -0.4 is 5.46 Å². The fraction of sp³-hybridized carbons (Fsp3) is 0.462. The predicted molar refractivity (Wildman–Crippen MR) is 76.7 cm³/mol. The number of rotatable bonds is 5. The quantitative estimate of drug-likeness (QED) is 0.505. The molecule has 0 aromatic heterocycles. The van der Waals surface area contributed by atoms with Gasteiger partial charge in [0.05, 0.1) is 10.6 Å². The minimum absolute atomic E-state index is 0.0296. The molecule has 1 rings (SSSR count). The second-order valence-electron chi connectivity index (χ2n) is 5.39. The molecule has 0 saturated carbocycles. The van der Waals surface area contributed by atoms with E-state index in [4.69, 9.17) is 21.4 Å². The van der Waals surface area contributed by atoms with Gasteiger partial charge in [-0.2, -0.15) is 0 Å². The Bertz CT molecular complexity index is 480. The summed E-state index contributed by atoms with van der Waals surface area (Å²) in [5.74, 6) is -0.169. The van der Waals surface area contributed by atoms with Gasteiger partial charge in [0.15, 0.2) is 11.9 Å². The van der Waals surface area contributed by atoms with Crippen molar-refractivity contribution in [3.8, 4) is 5.75 Å². The second kappa shape index (κ2) is 5.53. The highest BCUT2D eigenvalue weighted by Crippen LogP contribution is 2.25. The van der Waals surface area contributed by atoms with E-state index in [1.54, 1.807) is 33.8 Å². The molecule has 0 bridgehead atoms. The first-order valence-corrected chi connectivity index (χ1v) is 6.20. The number of carbonyl (C=O) groups excluding carboxylic acids is 1. The fourth-order valence-corrected chi connectivity index (χ4v) is 1.41. The Morgan fingerprint density at radius 2 is 1.95 bits per heavy atom. The van der Waals surface area contributed by atoms with Crippen LogP contribution >= 0.6 is 11.6 Å². The van der Waals surface area contributed by atoms with Gasteiger partial charge in [-0.1, -0.05) is 17.7 Å². The van der Waals surface area contributed by atoms with E-state index in [1.807, 2.05) is 0 Å². The molecular weight excluding hydrogens is 266 g/mol. The van der Waals surface area contributed by atoms with Crippen molar-refractivity contribution in [2.24, 2.45) is 0 Å². The van der Waals surface area contributed by atoms with Crippen molar-refractivity contribution in [3.05, 3.63) is 22.7 Å². The Balaban J connectivity index is 2.94. The molecule has 1 aromatic rings. The van der Waals surface area contributed by atoms with Crippen molar-refractivity contribution in [2.75, 3.05) is 0 Å². The van der Waals surface area contributed by atoms with E-state index in [0.717, 1.165) is 0 Å². The topological polar surface area (TPSA) is 69.4 Å². The molecule has 4 nitrogen and oxygen atoms in total. The Hall–Kier alpha value is -1.04. The van der Waals surface area contributed by atoms with Gasteiger partial charge in [-0.25, -0.2) is 0 Å². The highest BCUT2D eigenvalue weighted by atomic mass is 35.5. The van der Waals surface area contributed by atoms with Crippen LogP contribution in [0.4, 0.5) is 0 Å². The summed E-state index contributed by atoms with van der Waals surface area (Å²) in [5.41, 5.74) is -1.02. The van der Waals surface area contributed by atoms with Gasteiger partial charge in [0, 0.05) is 13.8 Å². The van der Waals surface area contributed by atoms with Crippen LogP contribution in [0.5, 0.6) is 5.75 Å². The molecule has 1 radical (unpaired) electrons. The van der Waals surface area contributed by atoms with Gasteiger partial charge in [-0.3, -0.25) is 4.79 Å². The molecule has 6 heteroatoms. The zero-order chi connectivity index (χ0) is 14.8. The molecule has 0 spiro atoms. The summed E-state index contributed by atoms with van der Waals surface area (Å²) in [4.78, 5) is 10.8. The molecule has 0 fully saturated rings. The van der Waals surface area contributed by atoms with Crippen molar-refractivity contribution in [2.45, 2.75) is 38.9 Å². The third kappa shape index (κ3) is 3.50. The molecule has 0 amide bonds. The number of phenolic OH excluding ortho intramolecular Hbond substituents is 1. The van der Waals surface area contributed by atoms with Crippen molar-refractivity contribution >= 4 is 30.8 Å². The maximum atomic E-state index is 10.8. The van der Waals surface area contributed by atoms with Crippen molar-refractivity contribution in [1.82, 2.24) is 0 Å². The number of aromatic hydroxyl groups is 1. The molecule has 0 aliphatic carbocycles. The van der Waals surface area contributed by atoms with Gasteiger partial charge in [0.2, 0.25) is 0 Å². The van der Waals surface area contributed by atoms with Crippen molar-refractivity contribution in [3.63, 3.8) is 0 Å². The fourth-order valence-electron chi connectivity index (χ4n) is 1.16. The Kier molecular flexibility index (Phi) is 4.66. The molecule has 0 atom stereocenters. The molecule has 0 aliphatic heterocycles. The SMILES string of the molecule is CC(C)([OH2+])C(C)(C)O[B]c1ccc(O)c(C=O)c1Cl. The van der Waals surface area contributed by atoms with Gasteiger partial charge in [-0.15, -0.1) is 0 Å². The molecule has 0 aliphatic rings. The van der Waals surface area contributed by atoms with Crippen LogP contribution in [0.3, 0.4) is 0 Å². The van der Waals surface area contributed by atoms with Crippen LogP contribution in [0.1, 0.15) is 38.1 Å². The van der Waals surface area contributed by atoms with Crippen molar-refractivity contribution in [1.29, 1.82) is 0 Å². The van der Waals surface area contributed by atoms with Crippen LogP contribution in [0.25, 0.3) is 0 Å². The van der Waals surface area contributed by atoms with Gasteiger partial charge in [-0.05, 0) is 25.4 Å². The van der Waals surface area contributed by atoms with Crippen LogP contribution in [-0.4, -0.2) is 35.2 Å². The Labute approximate surface area is 118 Å². The summed E-state index contributed by atoms with van der Waals surface area (Å²) >= 11 is 6.01. The number of hydrogen-bond acceptors (Lipinski definition) is 3. The summed E-state index contributed by atoms with van der Waals surface area (Å²) in [7, 11) is 1.41. The molecule has 0 saturated heterocycles. The van der Waals surface area contributed by atoms with E-state index in [1.165, 1.54) is 13.5 Å². The predicted octanol–water partition coefficient (Wildman–Crippen LogP) is 1.40. The molecule has 19 heavy (non-hydrogen) atoms. The lowest BCUT2D eigenvalue weighted by molar-refractivity contribution is -0.0893. The van der Waals surface area contributed by atoms with Crippen LogP contribution in [0.2, 0.25) is 5.02 Å². The first-order chi connectivity index (χ1) is 8.60.